The molecule has 0 aliphatic heterocycles. The van der Waals surface area contributed by atoms with Gasteiger partial charge in [0.25, 0.3) is 0 Å². The van der Waals surface area contributed by atoms with Crippen molar-refractivity contribution in [1.82, 2.24) is 0 Å². The molecule has 1 fully saturated rings. The van der Waals surface area contributed by atoms with E-state index in [-0.39, 0.29) is 5.91 Å². The van der Waals surface area contributed by atoms with E-state index in [4.69, 9.17) is 17.3 Å². The molecular weight excluding hydrogens is 238 g/mol. The Morgan fingerprint density at radius 2 is 2.18 bits per heavy atom. The fourth-order valence-electron chi connectivity index (χ4n) is 1.91. The molecule has 4 N–H and O–H groups in total. The molecule has 4 nitrogen and oxygen atoms in total. The fraction of sp³-hybridized carbons (Fsp3) is 0.417. The van der Waals surface area contributed by atoms with Gasteiger partial charge in [-0.3, -0.25) is 4.79 Å². The van der Waals surface area contributed by atoms with Gasteiger partial charge in [-0.2, -0.15) is 0 Å². The highest BCUT2D eigenvalue weighted by atomic mass is 35.5. The zero-order valence-electron chi connectivity index (χ0n) is 9.66. The van der Waals surface area contributed by atoms with E-state index in [0.717, 1.165) is 18.5 Å². The smallest absolute Gasteiger partial charge is 0.221 e. The molecule has 0 saturated heterocycles. The third-order valence-corrected chi connectivity index (χ3v) is 3.14. The van der Waals surface area contributed by atoms with Crippen molar-refractivity contribution in [3.05, 3.63) is 23.2 Å². The van der Waals surface area contributed by atoms with Crippen LogP contribution in [0.2, 0.25) is 5.02 Å². The number of rotatable bonds is 3. The number of amides is 1. The number of hydrogen-bond acceptors (Lipinski definition) is 3. The number of hydrogen-bond donors (Lipinski definition) is 3. The van der Waals surface area contributed by atoms with Crippen molar-refractivity contribution in [1.29, 1.82) is 0 Å². The lowest BCUT2D eigenvalue weighted by molar-refractivity contribution is -0.114. The van der Waals surface area contributed by atoms with Gasteiger partial charge in [0.1, 0.15) is 0 Å². The lowest BCUT2D eigenvalue weighted by Gasteiger charge is -2.33. The van der Waals surface area contributed by atoms with Gasteiger partial charge >= 0.3 is 0 Å². The second-order valence-corrected chi connectivity index (χ2v) is 4.86. The number of halogens is 1. The SMILES string of the molecule is CC(=O)Nc1ccc(NC2CC(N)C2)cc1Cl. The van der Waals surface area contributed by atoms with E-state index < -0.39 is 0 Å². The molecule has 0 atom stereocenters. The van der Waals surface area contributed by atoms with E-state index in [9.17, 15) is 4.79 Å². The van der Waals surface area contributed by atoms with Crippen LogP contribution in [0.25, 0.3) is 0 Å². The van der Waals surface area contributed by atoms with Crippen LogP contribution in [0.4, 0.5) is 11.4 Å². The Morgan fingerprint density at radius 3 is 2.71 bits per heavy atom. The Bertz CT molecular complexity index is 430. The molecule has 0 unspecified atom stereocenters. The van der Waals surface area contributed by atoms with Crippen LogP contribution in [0.1, 0.15) is 19.8 Å². The first-order valence-corrected chi connectivity index (χ1v) is 6.01. The minimum absolute atomic E-state index is 0.127. The van der Waals surface area contributed by atoms with Crippen LogP contribution in [-0.2, 0) is 4.79 Å². The molecule has 0 spiro atoms. The largest absolute Gasteiger partial charge is 0.382 e. The van der Waals surface area contributed by atoms with Crippen molar-refractivity contribution in [2.45, 2.75) is 31.8 Å². The van der Waals surface area contributed by atoms with Crippen LogP contribution in [0.3, 0.4) is 0 Å². The number of benzene rings is 1. The molecule has 5 heteroatoms. The van der Waals surface area contributed by atoms with Gasteiger partial charge in [0, 0.05) is 24.7 Å². The van der Waals surface area contributed by atoms with Gasteiger partial charge in [0.2, 0.25) is 5.91 Å². The number of carbonyl (C=O) groups is 1. The molecule has 17 heavy (non-hydrogen) atoms. The monoisotopic (exact) mass is 253 g/mol. The lowest BCUT2D eigenvalue weighted by Crippen LogP contribution is -2.44. The van der Waals surface area contributed by atoms with Crippen molar-refractivity contribution in [2.24, 2.45) is 5.73 Å². The summed E-state index contributed by atoms with van der Waals surface area (Å²) in [6.45, 7) is 1.46. The van der Waals surface area contributed by atoms with Gasteiger partial charge < -0.3 is 16.4 Å². The normalized spacial score (nSPS) is 22.8. The average Bonchev–Trinajstić information content (AvgIpc) is 2.19. The van der Waals surface area contributed by atoms with Crippen LogP contribution in [0.15, 0.2) is 18.2 Å². The highest BCUT2D eigenvalue weighted by Crippen LogP contribution is 2.28. The minimum atomic E-state index is -0.127. The zero-order chi connectivity index (χ0) is 12.4. The molecule has 1 saturated carbocycles. The highest BCUT2D eigenvalue weighted by Gasteiger charge is 2.25. The molecule has 1 amide bonds. The summed E-state index contributed by atoms with van der Waals surface area (Å²) in [6.07, 6.45) is 1.98. The number of anilines is 2. The maximum atomic E-state index is 10.9. The molecule has 0 radical (unpaired) electrons. The number of nitrogens with one attached hydrogen (secondary N) is 2. The molecule has 1 aromatic rings. The standard InChI is InChI=1S/C12H16ClN3O/c1-7(17)15-12-3-2-9(6-11(12)13)16-10-4-8(14)5-10/h2-3,6,8,10,16H,4-5,14H2,1H3,(H,15,17). The van der Waals surface area contributed by atoms with E-state index in [1.54, 1.807) is 6.07 Å². The number of nitrogens with two attached hydrogens (primary N) is 1. The molecule has 0 aromatic heterocycles. The Kier molecular flexibility index (Phi) is 3.54. The van der Waals surface area contributed by atoms with E-state index in [0.29, 0.717) is 22.8 Å². The molecule has 1 aromatic carbocycles. The second-order valence-electron chi connectivity index (χ2n) is 4.45. The third kappa shape index (κ3) is 3.11. The summed E-state index contributed by atoms with van der Waals surface area (Å²) in [5, 5.41) is 6.56. The van der Waals surface area contributed by atoms with Gasteiger partial charge in [-0.1, -0.05) is 11.6 Å². The fourth-order valence-corrected chi connectivity index (χ4v) is 2.14. The number of carbonyl (C=O) groups excluding carboxylic acids is 1. The van der Waals surface area contributed by atoms with Crippen LogP contribution >= 0.6 is 11.6 Å². The zero-order valence-corrected chi connectivity index (χ0v) is 10.4. The predicted octanol–water partition coefficient (Wildman–Crippen LogP) is 2.20. The molecule has 0 heterocycles. The Labute approximate surface area is 106 Å². The van der Waals surface area contributed by atoms with E-state index in [1.165, 1.54) is 6.92 Å². The van der Waals surface area contributed by atoms with Gasteiger partial charge in [-0.05, 0) is 31.0 Å². The van der Waals surface area contributed by atoms with Crippen LogP contribution in [0, 0.1) is 0 Å². The summed E-state index contributed by atoms with van der Waals surface area (Å²) in [4.78, 5) is 10.9. The molecule has 1 aliphatic carbocycles. The summed E-state index contributed by atoms with van der Waals surface area (Å²) < 4.78 is 0. The van der Waals surface area contributed by atoms with Crippen molar-refractivity contribution in [3.63, 3.8) is 0 Å². The van der Waals surface area contributed by atoms with Crippen LogP contribution in [-0.4, -0.2) is 18.0 Å². The Morgan fingerprint density at radius 1 is 1.47 bits per heavy atom. The van der Waals surface area contributed by atoms with Gasteiger partial charge in [0.15, 0.2) is 0 Å². The van der Waals surface area contributed by atoms with Crippen LogP contribution < -0.4 is 16.4 Å². The summed E-state index contributed by atoms with van der Waals surface area (Å²) in [5.74, 6) is -0.127. The van der Waals surface area contributed by atoms with E-state index in [2.05, 4.69) is 10.6 Å². The maximum Gasteiger partial charge on any atom is 0.221 e. The molecule has 0 bridgehead atoms. The lowest BCUT2D eigenvalue weighted by atomic mass is 9.87. The summed E-state index contributed by atoms with van der Waals surface area (Å²) in [7, 11) is 0. The first kappa shape index (κ1) is 12.2. The quantitative estimate of drug-likeness (QED) is 0.774. The average molecular weight is 254 g/mol. The van der Waals surface area contributed by atoms with Gasteiger partial charge in [-0.15, -0.1) is 0 Å². The summed E-state index contributed by atoms with van der Waals surface area (Å²) in [5.41, 5.74) is 7.31. The molecule has 1 aliphatic rings. The van der Waals surface area contributed by atoms with Gasteiger partial charge in [-0.25, -0.2) is 0 Å². The summed E-state index contributed by atoms with van der Waals surface area (Å²) >= 11 is 6.07. The molecule has 92 valence electrons. The Balaban J connectivity index is 2.00. The third-order valence-electron chi connectivity index (χ3n) is 2.83. The summed E-state index contributed by atoms with van der Waals surface area (Å²) in [6, 6.07) is 6.27. The second kappa shape index (κ2) is 4.94. The van der Waals surface area contributed by atoms with Crippen molar-refractivity contribution in [2.75, 3.05) is 10.6 Å². The molecule has 2 rings (SSSR count). The van der Waals surface area contributed by atoms with E-state index in [1.807, 2.05) is 12.1 Å². The van der Waals surface area contributed by atoms with Crippen molar-refractivity contribution < 1.29 is 4.79 Å². The van der Waals surface area contributed by atoms with E-state index >= 15 is 0 Å². The predicted molar refractivity (Wildman–Crippen MR) is 70.4 cm³/mol. The molecular formula is C12H16ClN3O. The van der Waals surface area contributed by atoms with Crippen molar-refractivity contribution >= 4 is 28.9 Å². The topological polar surface area (TPSA) is 67.2 Å². The first-order chi connectivity index (χ1) is 8.04. The maximum absolute atomic E-state index is 10.9. The Hall–Kier alpha value is -1.26. The minimum Gasteiger partial charge on any atom is -0.382 e. The van der Waals surface area contributed by atoms with Crippen molar-refractivity contribution in [3.8, 4) is 0 Å². The highest BCUT2D eigenvalue weighted by molar-refractivity contribution is 6.34. The van der Waals surface area contributed by atoms with Crippen LogP contribution in [0.5, 0.6) is 0 Å². The first-order valence-electron chi connectivity index (χ1n) is 5.64. The van der Waals surface area contributed by atoms with Gasteiger partial charge in [0.05, 0.1) is 10.7 Å².